The SMILES string of the molecule is COC(=O)N1CCC(Cc2ccc(NC(=O)OCc3cnco3)cc2)CC1. The molecule has 0 spiro atoms. The van der Waals surface area contributed by atoms with Crippen molar-refractivity contribution in [2.45, 2.75) is 25.9 Å². The van der Waals surface area contributed by atoms with Crippen LogP contribution in [0.4, 0.5) is 15.3 Å². The van der Waals surface area contributed by atoms with E-state index in [9.17, 15) is 9.59 Å². The molecule has 0 aliphatic carbocycles. The summed E-state index contributed by atoms with van der Waals surface area (Å²) >= 11 is 0. The van der Waals surface area contributed by atoms with E-state index in [2.05, 4.69) is 10.3 Å². The molecule has 2 aromatic rings. The summed E-state index contributed by atoms with van der Waals surface area (Å²) in [5.74, 6) is 1.02. The van der Waals surface area contributed by atoms with Gasteiger partial charge in [0.15, 0.2) is 18.8 Å². The molecule has 1 N–H and O–H groups in total. The molecule has 0 atom stereocenters. The maximum atomic E-state index is 11.8. The third kappa shape index (κ3) is 5.47. The van der Waals surface area contributed by atoms with Crippen molar-refractivity contribution in [3.8, 4) is 0 Å². The molecule has 1 saturated heterocycles. The largest absolute Gasteiger partial charge is 0.453 e. The predicted octanol–water partition coefficient (Wildman–Crippen LogP) is 3.44. The van der Waals surface area contributed by atoms with Crippen molar-refractivity contribution in [3.63, 3.8) is 0 Å². The number of benzene rings is 1. The number of amides is 2. The second-order valence-corrected chi connectivity index (χ2v) is 6.47. The summed E-state index contributed by atoms with van der Waals surface area (Å²) in [6.07, 6.45) is 4.86. The van der Waals surface area contributed by atoms with Crippen LogP contribution in [0.15, 0.2) is 41.3 Å². The number of hydrogen-bond donors (Lipinski definition) is 1. The van der Waals surface area contributed by atoms with E-state index in [4.69, 9.17) is 13.9 Å². The molecule has 27 heavy (non-hydrogen) atoms. The van der Waals surface area contributed by atoms with Gasteiger partial charge in [0.05, 0.1) is 13.3 Å². The fourth-order valence-electron chi connectivity index (χ4n) is 3.11. The average molecular weight is 373 g/mol. The average Bonchev–Trinajstić information content (AvgIpc) is 3.21. The summed E-state index contributed by atoms with van der Waals surface area (Å²) in [4.78, 5) is 28.8. The Labute approximate surface area is 157 Å². The van der Waals surface area contributed by atoms with Crippen molar-refractivity contribution in [1.82, 2.24) is 9.88 Å². The molecule has 0 saturated carbocycles. The molecule has 0 bridgehead atoms. The number of hydrogen-bond acceptors (Lipinski definition) is 6. The highest BCUT2D eigenvalue weighted by molar-refractivity contribution is 5.84. The lowest BCUT2D eigenvalue weighted by Crippen LogP contribution is -2.38. The maximum absolute atomic E-state index is 11.8. The molecular weight excluding hydrogens is 350 g/mol. The first-order chi connectivity index (χ1) is 13.1. The number of likely N-dealkylation sites (tertiary alicyclic amines) is 1. The number of methoxy groups -OCH3 is 1. The van der Waals surface area contributed by atoms with Crippen molar-refractivity contribution in [2.75, 3.05) is 25.5 Å². The smallest absolute Gasteiger partial charge is 0.412 e. The number of carbonyl (C=O) groups excluding carboxylic acids is 2. The van der Waals surface area contributed by atoms with E-state index in [0.29, 0.717) is 17.4 Å². The maximum Gasteiger partial charge on any atom is 0.412 e. The van der Waals surface area contributed by atoms with Gasteiger partial charge in [-0.1, -0.05) is 12.1 Å². The first kappa shape index (κ1) is 18.8. The summed E-state index contributed by atoms with van der Waals surface area (Å²) in [7, 11) is 1.41. The van der Waals surface area contributed by atoms with Crippen molar-refractivity contribution in [3.05, 3.63) is 48.2 Å². The van der Waals surface area contributed by atoms with Gasteiger partial charge in [-0.2, -0.15) is 0 Å². The Morgan fingerprint density at radius 3 is 2.63 bits per heavy atom. The summed E-state index contributed by atoms with van der Waals surface area (Å²) in [6, 6.07) is 7.71. The number of oxazole rings is 1. The fourth-order valence-corrected chi connectivity index (χ4v) is 3.11. The molecule has 1 aromatic carbocycles. The molecule has 2 heterocycles. The molecule has 144 valence electrons. The molecule has 0 unspecified atom stereocenters. The van der Waals surface area contributed by atoms with E-state index in [0.717, 1.165) is 32.4 Å². The number of aromatic nitrogens is 1. The van der Waals surface area contributed by atoms with E-state index in [1.54, 1.807) is 4.90 Å². The van der Waals surface area contributed by atoms with Gasteiger partial charge < -0.3 is 18.8 Å². The minimum absolute atomic E-state index is 0.0359. The fraction of sp³-hybridized carbons (Fsp3) is 0.421. The van der Waals surface area contributed by atoms with E-state index in [1.807, 2.05) is 24.3 Å². The van der Waals surface area contributed by atoms with Crippen LogP contribution >= 0.6 is 0 Å². The Hall–Kier alpha value is -3.03. The quantitative estimate of drug-likeness (QED) is 0.863. The second kappa shape index (κ2) is 9.07. The first-order valence-corrected chi connectivity index (χ1v) is 8.87. The molecular formula is C19H23N3O5. The summed E-state index contributed by atoms with van der Waals surface area (Å²) < 4.78 is 14.8. The highest BCUT2D eigenvalue weighted by Gasteiger charge is 2.23. The van der Waals surface area contributed by atoms with E-state index < -0.39 is 6.09 Å². The van der Waals surface area contributed by atoms with Crippen LogP contribution in [0.2, 0.25) is 0 Å². The lowest BCUT2D eigenvalue weighted by atomic mass is 9.90. The van der Waals surface area contributed by atoms with E-state index in [1.165, 1.54) is 25.3 Å². The molecule has 1 aromatic heterocycles. The van der Waals surface area contributed by atoms with Gasteiger partial charge in [-0.3, -0.25) is 5.32 Å². The molecule has 1 fully saturated rings. The van der Waals surface area contributed by atoms with Crippen LogP contribution in [0.5, 0.6) is 0 Å². The highest BCUT2D eigenvalue weighted by atomic mass is 16.6. The predicted molar refractivity (Wildman–Crippen MR) is 97.2 cm³/mol. The Kier molecular flexibility index (Phi) is 6.30. The molecule has 1 aliphatic heterocycles. The topological polar surface area (TPSA) is 93.9 Å². The minimum atomic E-state index is -0.547. The van der Waals surface area contributed by atoms with Gasteiger partial charge in [0.25, 0.3) is 0 Å². The second-order valence-electron chi connectivity index (χ2n) is 6.47. The number of carbonyl (C=O) groups is 2. The summed E-state index contributed by atoms with van der Waals surface area (Å²) in [5.41, 5.74) is 1.87. The monoisotopic (exact) mass is 373 g/mol. The standard InChI is InChI=1S/C19H23N3O5/c1-25-19(24)22-8-6-15(7-9-22)10-14-2-4-16(5-3-14)21-18(23)26-12-17-11-20-13-27-17/h2-5,11,13,15H,6-10,12H2,1H3,(H,21,23). The van der Waals surface area contributed by atoms with Gasteiger partial charge in [-0.15, -0.1) is 0 Å². The van der Waals surface area contributed by atoms with E-state index >= 15 is 0 Å². The van der Waals surface area contributed by atoms with Gasteiger partial charge in [-0.25, -0.2) is 14.6 Å². The number of rotatable bonds is 5. The number of anilines is 1. The Bertz CT molecular complexity index is 737. The normalized spacial score (nSPS) is 14.6. The van der Waals surface area contributed by atoms with Gasteiger partial charge in [0.2, 0.25) is 0 Å². The minimum Gasteiger partial charge on any atom is -0.453 e. The van der Waals surface area contributed by atoms with Gasteiger partial charge in [0.1, 0.15) is 0 Å². The lowest BCUT2D eigenvalue weighted by Gasteiger charge is -2.31. The van der Waals surface area contributed by atoms with Crippen molar-refractivity contribution in [2.24, 2.45) is 5.92 Å². The van der Waals surface area contributed by atoms with Crippen molar-refractivity contribution >= 4 is 17.9 Å². The van der Waals surface area contributed by atoms with Crippen LogP contribution in [-0.2, 0) is 22.5 Å². The molecule has 0 radical (unpaired) electrons. The van der Waals surface area contributed by atoms with E-state index in [-0.39, 0.29) is 12.7 Å². The zero-order valence-corrected chi connectivity index (χ0v) is 15.2. The number of nitrogens with zero attached hydrogens (tertiary/aromatic N) is 2. The summed E-state index contributed by atoms with van der Waals surface area (Å²) in [5, 5.41) is 2.68. The molecule has 8 heteroatoms. The van der Waals surface area contributed by atoms with Crippen LogP contribution in [0, 0.1) is 5.92 Å². The summed E-state index contributed by atoms with van der Waals surface area (Å²) in [6.45, 7) is 1.50. The third-order valence-electron chi connectivity index (χ3n) is 4.60. The van der Waals surface area contributed by atoms with Crippen LogP contribution in [0.25, 0.3) is 0 Å². The Morgan fingerprint density at radius 2 is 2.00 bits per heavy atom. The van der Waals surface area contributed by atoms with Crippen molar-refractivity contribution < 1.29 is 23.5 Å². The van der Waals surface area contributed by atoms with Crippen LogP contribution in [0.3, 0.4) is 0 Å². The molecule has 8 nitrogen and oxygen atoms in total. The molecule has 2 amide bonds. The van der Waals surface area contributed by atoms with Gasteiger partial charge >= 0.3 is 12.2 Å². The van der Waals surface area contributed by atoms with Crippen LogP contribution in [0.1, 0.15) is 24.2 Å². The zero-order chi connectivity index (χ0) is 19.1. The molecule has 3 rings (SSSR count). The zero-order valence-electron chi connectivity index (χ0n) is 15.2. The Balaban J connectivity index is 1.42. The number of piperidine rings is 1. The third-order valence-corrected chi connectivity index (χ3v) is 4.60. The van der Waals surface area contributed by atoms with Crippen LogP contribution < -0.4 is 5.32 Å². The van der Waals surface area contributed by atoms with Gasteiger partial charge in [0, 0.05) is 18.8 Å². The number of nitrogens with one attached hydrogen (secondary N) is 1. The van der Waals surface area contributed by atoms with Crippen molar-refractivity contribution in [1.29, 1.82) is 0 Å². The van der Waals surface area contributed by atoms with Gasteiger partial charge in [-0.05, 0) is 42.9 Å². The first-order valence-electron chi connectivity index (χ1n) is 8.87. The number of ether oxygens (including phenoxy) is 2. The Morgan fingerprint density at radius 1 is 1.26 bits per heavy atom. The highest BCUT2D eigenvalue weighted by Crippen LogP contribution is 2.23. The van der Waals surface area contributed by atoms with Crippen LogP contribution in [-0.4, -0.2) is 42.3 Å². The molecule has 1 aliphatic rings. The lowest BCUT2D eigenvalue weighted by molar-refractivity contribution is 0.106.